The van der Waals surface area contributed by atoms with Crippen LogP contribution in [0.25, 0.3) is 0 Å². The summed E-state index contributed by atoms with van der Waals surface area (Å²) in [6.07, 6.45) is 0.209. The molecule has 0 amide bonds. The Morgan fingerprint density at radius 3 is 2.71 bits per heavy atom. The Balaban J connectivity index is 2.83. The maximum Gasteiger partial charge on any atom is 0.380 e. The van der Waals surface area contributed by atoms with Gasteiger partial charge in [-0.15, -0.1) is 0 Å². The van der Waals surface area contributed by atoms with Crippen molar-refractivity contribution >= 4 is 5.97 Å². The van der Waals surface area contributed by atoms with Crippen LogP contribution >= 0.6 is 0 Å². The average molecular weight is 251 g/mol. The highest BCUT2D eigenvalue weighted by atomic mass is 19.3. The van der Waals surface area contributed by atoms with Crippen molar-refractivity contribution in [3.63, 3.8) is 0 Å². The Hall–Kier alpha value is -0.750. The van der Waals surface area contributed by atoms with Gasteiger partial charge in [-0.3, -0.25) is 0 Å². The number of halogens is 2. The highest BCUT2D eigenvalue weighted by molar-refractivity contribution is 5.79. The average Bonchev–Trinajstić information content (AvgIpc) is 2.42. The maximum absolute atomic E-state index is 13.8. The molecule has 1 aliphatic rings. The van der Waals surface area contributed by atoms with Crippen molar-refractivity contribution < 1.29 is 23.4 Å². The number of carbonyl (C=O) groups is 1. The lowest BCUT2D eigenvalue weighted by molar-refractivity contribution is -0.216. The molecule has 0 aromatic carbocycles. The van der Waals surface area contributed by atoms with E-state index in [1.54, 1.807) is 7.05 Å². The van der Waals surface area contributed by atoms with Gasteiger partial charge in [-0.25, -0.2) is 4.79 Å². The second kappa shape index (κ2) is 5.27. The molecule has 0 radical (unpaired) electrons. The van der Waals surface area contributed by atoms with Crippen molar-refractivity contribution in [3.05, 3.63) is 0 Å². The van der Waals surface area contributed by atoms with Gasteiger partial charge >= 0.3 is 11.9 Å². The van der Waals surface area contributed by atoms with Crippen LogP contribution in [0, 0.1) is 0 Å². The molecule has 1 aliphatic heterocycles. The molecule has 1 saturated heterocycles. The molecule has 1 rings (SSSR count). The standard InChI is InChI=1S/C11H19F2NO3/c1-3-17-9(15)11(12,13)10(16)5-4-7-14(2)8-6-10/h16H,3-8H2,1-2H3. The van der Waals surface area contributed by atoms with Gasteiger partial charge in [0, 0.05) is 6.54 Å². The molecule has 100 valence electrons. The summed E-state index contributed by atoms with van der Waals surface area (Å²) in [5.74, 6) is -5.47. The quantitative estimate of drug-likeness (QED) is 0.761. The Kier molecular flexibility index (Phi) is 4.43. The number of esters is 1. The molecule has 0 aromatic heterocycles. The van der Waals surface area contributed by atoms with E-state index in [2.05, 4.69) is 4.74 Å². The monoisotopic (exact) mass is 251 g/mol. The largest absolute Gasteiger partial charge is 0.461 e. The van der Waals surface area contributed by atoms with Gasteiger partial charge in [0.05, 0.1) is 6.61 Å². The molecule has 0 spiro atoms. The third-order valence-electron chi connectivity index (χ3n) is 3.15. The molecule has 1 N–H and O–H groups in total. The van der Waals surface area contributed by atoms with Crippen LogP contribution in [-0.2, 0) is 9.53 Å². The molecule has 17 heavy (non-hydrogen) atoms. The van der Waals surface area contributed by atoms with Crippen LogP contribution in [0.5, 0.6) is 0 Å². The van der Waals surface area contributed by atoms with Crippen LogP contribution in [0.3, 0.4) is 0 Å². The minimum Gasteiger partial charge on any atom is -0.461 e. The summed E-state index contributed by atoms with van der Waals surface area (Å²) in [7, 11) is 1.80. The zero-order valence-corrected chi connectivity index (χ0v) is 10.2. The fourth-order valence-electron chi connectivity index (χ4n) is 1.98. The smallest absolute Gasteiger partial charge is 0.380 e. The summed E-state index contributed by atoms with van der Waals surface area (Å²) in [5, 5.41) is 10.0. The van der Waals surface area contributed by atoms with Crippen molar-refractivity contribution in [2.45, 2.75) is 37.7 Å². The molecule has 1 fully saturated rings. The van der Waals surface area contributed by atoms with Gasteiger partial charge in [0.2, 0.25) is 0 Å². The first-order valence-electron chi connectivity index (χ1n) is 5.79. The van der Waals surface area contributed by atoms with E-state index in [4.69, 9.17) is 0 Å². The molecule has 0 bridgehead atoms. The number of aliphatic hydroxyl groups is 1. The molecule has 1 heterocycles. The highest BCUT2D eigenvalue weighted by Crippen LogP contribution is 2.38. The van der Waals surface area contributed by atoms with Gasteiger partial charge in [-0.1, -0.05) is 0 Å². The van der Waals surface area contributed by atoms with Crippen LogP contribution in [0.2, 0.25) is 0 Å². The van der Waals surface area contributed by atoms with Gasteiger partial charge in [0.25, 0.3) is 0 Å². The second-order valence-electron chi connectivity index (χ2n) is 4.48. The number of hydrogen-bond donors (Lipinski definition) is 1. The number of alkyl halides is 2. The van der Waals surface area contributed by atoms with E-state index >= 15 is 0 Å². The van der Waals surface area contributed by atoms with Crippen LogP contribution in [0.15, 0.2) is 0 Å². The van der Waals surface area contributed by atoms with Crippen molar-refractivity contribution in [2.24, 2.45) is 0 Å². The van der Waals surface area contributed by atoms with Crippen LogP contribution < -0.4 is 0 Å². The zero-order valence-electron chi connectivity index (χ0n) is 10.2. The molecular weight excluding hydrogens is 232 g/mol. The van der Waals surface area contributed by atoms with Crippen molar-refractivity contribution in [1.29, 1.82) is 0 Å². The van der Waals surface area contributed by atoms with Gasteiger partial charge in [-0.05, 0) is 39.8 Å². The summed E-state index contributed by atoms with van der Waals surface area (Å²) in [6.45, 7) is 2.32. The van der Waals surface area contributed by atoms with E-state index < -0.39 is 17.5 Å². The summed E-state index contributed by atoms with van der Waals surface area (Å²) in [6, 6.07) is 0. The minimum absolute atomic E-state index is 0.0941. The molecule has 0 aliphatic carbocycles. The molecule has 1 unspecified atom stereocenters. The van der Waals surface area contributed by atoms with E-state index in [1.165, 1.54) is 6.92 Å². The third-order valence-corrected chi connectivity index (χ3v) is 3.15. The van der Waals surface area contributed by atoms with Gasteiger partial charge in [-0.2, -0.15) is 8.78 Å². The van der Waals surface area contributed by atoms with E-state index in [9.17, 15) is 18.7 Å². The van der Waals surface area contributed by atoms with E-state index in [0.717, 1.165) is 0 Å². The topological polar surface area (TPSA) is 49.8 Å². The predicted molar refractivity (Wildman–Crippen MR) is 57.9 cm³/mol. The Bertz CT molecular complexity index is 286. The normalized spacial score (nSPS) is 27.6. The van der Waals surface area contributed by atoms with Crippen LogP contribution in [0.1, 0.15) is 26.2 Å². The molecule has 4 nitrogen and oxygen atoms in total. The van der Waals surface area contributed by atoms with Crippen molar-refractivity contribution in [3.8, 4) is 0 Å². The number of carbonyl (C=O) groups excluding carboxylic acids is 1. The molecule has 0 aromatic rings. The Morgan fingerprint density at radius 1 is 1.47 bits per heavy atom. The van der Waals surface area contributed by atoms with Gasteiger partial charge < -0.3 is 14.7 Å². The molecule has 6 heteroatoms. The minimum atomic E-state index is -3.84. The van der Waals surface area contributed by atoms with Crippen LogP contribution in [0.4, 0.5) is 8.78 Å². The first-order valence-corrected chi connectivity index (χ1v) is 5.79. The summed E-state index contributed by atoms with van der Waals surface area (Å²) in [4.78, 5) is 13.1. The van der Waals surface area contributed by atoms with Crippen molar-refractivity contribution in [1.82, 2.24) is 4.90 Å². The lowest BCUT2D eigenvalue weighted by atomic mass is 9.87. The fraction of sp³-hybridized carbons (Fsp3) is 0.909. The lowest BCUT2D eigenvalue weighted by Gasteiger charge is -2.33. The van der Waals surface area contributed by atoms with E-state index in [0.29, 0.717) is 19.5 Å². The molecule has 0 saturated carbocycles. The second-order valence-corrected chi connectivity index (χ2v) is 4.48. The van der Waals surface area contributed by atoms with Crippen LogP contribution in [-0.4, -0.2) is 54.2 Å². The van der Waals surface area contributed by atoms with E-state index in [-0.39, 0.29) is 19.4 Å². The zero-order chi connectivity index (χ0) is 13.1. The first kappa shape index (κ1) is 14.3. The Labute approximate surface area is 99.5 Å². The SMILES string of the molecule is CCOC(=O)C(F)(F)C1(O)CCCN(C)CC1. The number of nitrogens with zero attached hydrogens (tertiary/aromatic N) is 1. The summed E-state index contributed by atoms with van der Waals surface area (Å²) in [5.41, 5.74) is -2.29. The van der Waals surface area contributed by atoms with Crippen molar-refractivity contribution in [2.75, 3.05) is 26.7 Å². The molecule has 1 atom stereocenters. The third kappa shape index (κ3) is 2.93. The Morgan fingerprint density at radius 2 is 2.12 bits per heavy atom. The number of likely N-dealkylation sites (tertiary alicyclic amines) is 1. The fourth-order valence-corrected chi connectivity index (χ4v) is 1.98. The predicted octanol–water partition coefficient (Wildman–Crippen LogP) is 1.03. The first-order chi connectivity index (χ1) is 7.83. The highest BCUT2D eigenvalue weighted by Gasteiger charge is 2.59. The number of hydrogen-bond acceptors (Lipinski definition) is 4. The van der Waals surface area contributed by atoms with E-state index in [1.807, 2.05) is 4.90 Å². The summed E-state index contributed by atoms with van der Waals surface area (Å²) < 4.78 is 32.0. The number of rotatable bonds is 3. The maximum atomic E-state index is 13.8. The van der Waals surface area contributed by atoms with Gasteiger partial charge in [0.1, 0.15) is 5.60 Å². The van der Waals surface area contributed by atoms with Gasteiger partial charge in [0.15, 0.2) is 0 Å². The lowest BCUT2D eigenvalue weighted by Crippen LogP contribution is -2.54. The number of ether oxygens (including phenoxy) is 1. The summed E-state index contributed by atoms with van der Waals surface area (Å²) >= 11 is 0. The molecular formula is C11H19F2NO3.